The Morgan fingerprint density at radius 2 is 1.95 bits per heavy atom. The molecule has 1 fully saturated rings. The minimum Gasteiger partial charge on any atom is -0.331 e. The molecular formula is C17H15BrFNO. The summed E-state index contributed by atoms with van der Waals surface area (Å²) in [4.78, 5) is 14.4. The van der Waals surface area contributed by atoms with Gasteiger partial charge in [0.1, 0.15) is 5.82 Å². The van der Waals surface area contributed by atoms with E-state index in [1.807, 2.05) is 29.2 Å². The molecule has 1 saturated heterocycles. The summed E-state index contributed by atoms with van der Waals surface area (Å²) < 4.78 is 14.3. The highest BCUT2D eigenvalue weighted by molar-refractivity contribution is 9.10. The minimum atomic E-state index is -0.278. The maximum atomic E-state index is 13.3. The lowest BCUT2D eigenvalue weighted by Crippen LogP contribution is -2.45. The molecule has 21 heavy (non-hydrogen) atoms. The number of halogens is 2. The van der Waals surface area contributed by atoms with Crippen LogP contribution in [0.5, 0.6) is 0 Å². The van der Waals surface area contributed by atoms with Gasteiger partial charge in [-0.25, -0.2) is 4.39 Å². The van der Waals surface area contributed by atoms with Gasteiger partial charge in [0.05, 0.1) is 6.04 Å². The predicted octanol–water partition coefficient (Wildman–Crippen LogP) is 4.48. The summed E-state index contributed by atoms with van der Waals surface area (Å²) in [6.07, 6.45) is 0.966. The molecule has 0 N–H and O–H groups in total. The first-order chi connectivity index (χ1) is 10.1. The Hall–Kier alpha value is -1.68. The van der Waals surface area contributed by atoms with Crippen molar-refractivity contribution in [3.05, 3.63) is 69.4 Å². The maximum Gasteiger partial charge on any atom is 0.254 e. The first-order valence-corrected chi connectivity index (χ1v) is 7.68. The summed E-state index contributed by atoms with van der Waals surface area (Å²) in [5.41, 5.74) is 2.19. The number of carbonyl (C=O) groups is 1. The number of rotatable bonds is 2. The van der Waals surface area contributed by atoms with Crippen LogP contribution < -0.4 is 0 Å². The molecule has 0 spiro atoms. The Balaban J connectivity index is 1.81. The van der Waals surface area contributed by atoms with Gasteiger partial charge in [-0.1, -0.05) is 28.1 Å². The molecule has 0 radical (unpaired) electrons. The summed E-state index contributed by atoms with van der Waals surface area (Å²) in [7, 11) is 0. The van der Waals surface area contributed by atoms with Crippen LogP contribution in [-0.2, 0) is 0 Å². The van der Waals surface area contributed by atoms with Crippen molar-refractivity contribution in [1.82, 2.24) is 4.90 Å². The van der Waals surface area contributed by atoms with Gasteiger partial charge in [-0.05, 0) is 54.8 Å². The van der Waals surface area contributed by atoms with Crippen LogP contribution in [0.3, 0.4) is 0 Å². The van der Waals surface area contributed by atoms with Gasteiger partial charge in [0.15, 0.2) is 0 Å². The molecule has 2 nitrogen and oxygen atoms in total. The van der Waals surface area contributed by atoms with E-state index in [1.165, 1.54) is 6.07 Å². The van der Waals surface area contributed by atoms with Gasteiger partial charge in [-0.15, -0.1) is 0 Å². The molecule has 0 bridgehead atoms. The third-order valence-electron chi connectivity index (χ3n) is 3.94. The van der Waals surface area contributed by atoms with Crippen molar-refractivity contribution in [2.24, 2.45) is 0 Å². The van der Waals surface area contributed by atoms with Crippen molar-refractivity contribution in [3.8, 4) is 0 Å². The zero-order valence-corrected chi connectivity index (χ0v) is 13.2. The summed E-state index contributed by atoms with van der Waals surface area (Å²) in [6, 6.07) is 12.7. The van der Waals surface area contributed by atoms with Crippen molar-refractivity contribution >= 4 is 21.8 Å². The molecule has 2 aromatic carbocycles. The predicted molar refractivity (Wildman–Crippen MR) is 83.7 cm³/mol. The van der Waals surface area contributed by atoms with E-state index in [4.69, 9.17) is 0 Å². The van der Waals surface area contributed by atoms with Crippen LogP contribution >= 0.6 is 15.9 Å². The van der Waals surface area contributed by atoms with E-state index in [9.17, 15) is 9.18 Å². The zero-order chi connectivity index (χ0) is 15.0. The van der Waals surface area contributed by atoms with E-state index in [0.717, 1.165) is 23.0 Å². The number of aryl methyl sites for hydroxylation is 1. The van der Waals surface area contributed by atoms with Gasteiger partial charge >= 0.3 is 0 Å². The van der Waals surface area contributed by atoms with Crippen LogP contribution in [-0.4, -0.2) is 17.4 Å². The number of nitrogens with zero attached hydrogens (tertiary/aromatic N) is 1. The van der Waals surface area contributed by atoms with E-state index in [2.05, 4.69) is 15.9 Å². The molecular weight excluding hydrogens is 333 g/mol. The molecule has 1 amide bonds. The molecule has 1 atom stereocenters. The summed E-state index contributed by atoms with van der Waals surface area (Å²) in [5.74, 6) is -0.308. The van der Waals surface area contributed by atoms with Crippen molar-refractivity contribution < 1.29 is 9.18 Å². The third kappa shape index (κ3) is 2.72. The quantitative estimate of drug-likeness (QED) is 0.783. The van der Waals surface area contributed by atoms with E-state index in [-0.39, 0.29) is 17.8 Å². The summed E-state index contributed by atoms with van der Waals surface area (Å²) in [5, 5.41) is 0. The van der Waals surface area contributed by atoms with Gasteiger partial charge in [-0.3, -0.25) is 4.79 Å². The second-order valence-corrected chi connectivity index (χ2v) is 6.23. The highest BCUT2D eigenvalue weighted by Gasteiger charge is 2.33. The van der Waals surface area contributed by atoms with E-state index < -0.39 is 0 Å². The molecule has 2 aromatic rings. The molecule has 1 heterocycles. The molecule has 108 valence electrons. The normalized spacial score (nSPS) is 17.5. The van der Waals surface area contributed by atoms with Crippen molar-refractivity contribution in [2.45, 2.75) is 19.4 Å². The lowest BCUT2D eigenvalue weighted by atomic mass is 9.93. The van der Waals surface area contributed by atoms with Crippen LogP contribution in [0.15, 0.2) is 46.9 Å². The highest BCUT2D eigenvalue weighted by atomic mass is 79.9. The molecule has 1 unspecified atom stereocenters. The maximum absolute atomic E-state index is 13.3. The number of hydrogen-bond acceptors (Lipinski definition) is 1. The van der Waals surface area contributed by atoms with Gasteiger partial charge in [0.25, 0.3) is 5.91 Å². The number of carbonyl (C=O) groups excluding carboxylic acids is 1. The molecule has 1 aliphatic rings. The Bertz CT molecular complexity index is 684. The molecule has 4 heteroatoms. The smallest absolute Gasteiger partial charge is 0.254 e. The van der Waals surface area contributed by atoms with Gasteiger partial charge in [0.2, 0.25) is 0 Å². The number of likely N-dealkylation sites (tertiary alicyclic amines) is 1. The lowest BCUT2D eigenvalue weighted by molar-refractivity contribution is 0.0460. The fourth-order valence-electron chi connectivity index (χ4n) is 2.61. The molecule has 0 saturated carbocycles. The largest absolute Gasteiger partial charge is 0.331 e. The number of hydrogen-bond donors (Lipinski definition) is 0. The molecule has 3 rings (SSSR count). The monoisotopic (exact) mass is 347 g/mol. The third-order valence-corrected chi connectivity index (χ3v) is 4.47. The van der Waals surface area contributed by atoms with Gasteiger partial charge in [-0.2, -0.15) is 0 Å². The van der Waals surface area contributed by atoms with Crippen molar-refractivity contribution in [3.63, 3.8) is 0 Å². The van der Waals surface area contributed by atoms with E-state index >= 15 is 0 Å². The summed E-state index contributed by atoms with van der Waals surface area (Å²) >= 11 is 3.41. The second-order valence-electron chi connectivity index (χ2n) is 5.32. The molecule has 0 aliphatic carbocycles. The second kappa shape index (κ2) is 5.60. The topological polar surface area (TPSA) is 20.3 Å². The van der Waals surface area contributed by atoms with Crippen molar-refractivity contribution in [1.29, 1.82) is 0 Å². The Labute approximate surface area is 131 Å². The fraction of sp³-hybridized carbons (Fsp3) is 0.235. The molecule has 0 aromatic heterocycles. The van der Waals surface area contributed by atoms with Crippen LogP contribution in [0.4, 0.5) is 4.39 Å². The number of benzene rings is 2. The molecule has 1 aliphatic heterocycles. The highest BCUT2D eigenvalue weighted by Crippen LogP contribution is 2.35. The standard InChI is InChI=1S/C17H15BrFNO/c1-11-10-13(4-7-15(11)19)17(21)20-9-8-16(20)12-2-5-14(18)6-3-12/h2-7,10,16H,8-9H2,1H3. The Kier molecular flexibility index (Phi) is 3.81. The van der Waals surface area contributed by atoms with Crippen LogP contribution in [0.1, 0.15) is 33.9 Å². The van der Waals surface area contributed by atoms with Crippen LogP contribution in [0, 0.1) is 12.7 Å². The first-order valence-electron chi connectivity index (χ1n) is 6.89. The first kappa shape index (κ1) is 14.3. The Morgan fingerprint density at radius 3 is 2.52 bits per heavy atom. The number of amides is 1. The lowest BCUT2D eigenvalue weighted by Gasteiger charge is -2.41. The SMILES string of the molecule is Cc1cc(C(=O)N2CCC2c2ccc(Br)cc2)ccc1F. The zero-order valence-electron chi connectivity index (χ0n) is 11.6. The average molecular weight is 348 g/mol. The Morgan fingerprint density at radius 1 is 1.24 bits per heavy atom. The van der Waals surface area contributed by atoms with E-state index in [0.29, 0.717) is 11.1 Å². The van der Waals surface area contributed by atoms with Crippen molar-refractivity contribution in [2.75, 3.05) is 6.54 Å². The average Bonchev–Trinajstić information content (AvgIpc) is 2.43. The van der Waals surface area contributed by atoms with Gasteiger partial charge < -0.3 is 4.90 Å². The van der Waals surface area contributed by atoms with Gasteiger partial charge in [0, 0.05) is 16.6 Å². The fourth-order valence-corrected chi connectivity index (χ4v) is 2.87. The summed E-state index contributed by atoms with van der Waals surface area (Å²) in [6.45, 7) is 2.42. The van der Waals surface area contributed by atoms with Crippen LogP contribution in [0.2, 0.25) is 0 Å². The minimum absolute atomic E-state index is 0.0303. The van der Waals surface area contributed by atoms with Crippen LogP contribution in [0.25, 0.3) is 0 Å². The van der Waals surface area contributed by atoms with E-state index in [1.54, 1.807) is 19.1 Å².